The van der Waals surface area contributed by atoms with Gasteiger partial charge in [-0.3, -0.25) is 4.79 Å². The van der Waals surface area contributed by atoms with Gasteiger partial charge in [-0.2, -0.15) is 0 Å². The highest BCUT2D eigenvalue weighted by Gasteiger charge is 2.43. The third kappa shape index (κ3) is 2.30. The maximum absolute atomic E-state index is 13.8. The molecule has 5 heteroatoms. The van der Waals surface area contributed by atoms with Crippen LogP contribution in [0.3, 0.4) is 0 Å². The van der Waals surface area contributed by atoms with Crippen LogP contribution in [0.25, 0.3) is 0 Å². The van der Waals surface area contributed by atoms with Crippen molar-refractivity contribution in [2.75, 3.05) is 13.1 Å². The molecule has 3 atom stereocenters. The fraction of sp³-hybridized carbons (Fsp3) is 0.500. The molecule has 1 aliphatic heterocycles. The summed E-state index contributed by atoms with van der Waals surface area (Å²) in [5.74, 6) is -0.233. The molecule has 3 nitrogen and oxygen atoms in total. The van der Waals surface area contributed by atoms with Crippen LogP contribution < -0.4 is 0 Å². The molecule has 0 radical (unpaired) electrons. The number of carbonyl (C=O) groups is 1. The maximum Gasteiger partial charge on any atom is 0.256 e. The molecule has 3 unspecified atom stereocenters. The molecular weight excluding hydrogens is 313 g/mol. The molecule has 102 valence electrons. The summed E-state index contributed by atoms with van der Waals surface area (Å²) >= 11 is 3.18. The SMILES string of the molecule is O=C(c1ccc(Br)cc1F)N1CC2CCC(O)C2C1. The predicted octanol–water partition coefficient (Wildman–Crippen LogP) is 2.43. The van der Waals surface area contributed by atoms with Crippen LogP contribution in [0.2, 0.25) is 0 Å². The molecule has 3 rings (SSSR count). The first kappa shape index (κ1) is 13.1. The minimum atomic E-state index is -0.503. The van der Waals surface area contributed by atoms with Gasteiger partial charge in [-0.1, -0.05) is 15.9 Å². The Balaban J connectivity index is 1.78. The van der Waals surface area contributed by atoms with Gasteiger partial charge >= 0.3 is 0 Å². The van der Waals surface area contributed by atoms with Crippen LogP contribution in [0.4, 0.5) is 4.39 Å². The van der Waals surface area contributed by atoms with Gasteiger partial charge < -0.3 is 10.0 Å². The second-order valence-corrected chi connectivity index (χ2v) is 6.32. The topological polar surface area (TPSA) is 40.5 Å². The van der Waals surface area contributed by atoms with E-state index in [1.54, 1.807) is 11.0 Å². The third-order valence-corrected chi connectivity index (χ3v) is 4.76. The summed E-state index contributed by atoms with van der Waals surface area (Å²) in [5, 5.41) is 9.84. The number of amides is 1. The zero-order valence-corrected chi connectivity index (χ0v) is 11.9. The normalized spacial score (nSPS) is 29.6. The minimum absolute atomic E-state index is 0.109. The number of nitrogens with zero attached hydrogens (tertiary/aromatic N) is 1. The molecule has 19 heavy (non-hydrogen) atoms. The summed E-state index contributed by atoms with van der Waals surface area (Å²) in [6.07, 6.45) is 1.47. The van der Waals surface area contributed by atoms with Crippen molar-refractivity contribution in [1.82, 2.24) is 4.90 Å². The Morgan fingerprint density at radius 1 is 1.37 bits per heavy atom. The van der Waals surface area contributed by atoms with Crippen LogP contribution in [0.15, 0.2) is 22.7 Å². The fourth-order valence-electron chi connectivity index (χ4n) is 3.24. The van der Waals surface area contributed by atoms with Crippen LogP contribution in [0.5, 0.6) is 0 Å². The number of halogens is 2. The average molecular weight is 328 g/mol. The van der Waals surface area contributed by atoms with E-state index >= 15 is 0 Å². The lowest BCUT2D eigenvalue weighted by molar-refractivity contribution is 0.0748. The van der Waals surface area contributed by atoms with Gasteiger partial charge in [0, 0.05) is 23.5 Å². The molecule has 1 saturated heterocycles. The predicted molar refractivity (Wildman–Crippen MR) is 72.2 cm³/mol. The van der Waals surface area contributed by atoms with Crippen molar-refractivity contribution in [3.8, 4) is 0 Å². The molecule has 1 amide bonds. The van der Waals surface area contributed by atoms with E-state index in [4.69, 9.17) is 0 Å². The molecule has 0 aromatic heterocycles. The average Bonchev–Trinajstić information content (AvgIpc) is 2.91. The van der Waals surface area contributed by atoms with Crippen molar-refractivity contribution in [3.05, 3.63) is 34.1 Å². The first-order chi connectivity index (χ1) is 9.06. The highest BCUT2D eigenvalue weighted by molar-refractivity contribution is 9.10. The van der Waals surface area contributed by atoms with Crippen LogP contribution in [-0.4, -0.2) is 35.1 Å². The van der Waals surface area contributed by atoms with Crippen molar-refractivity contribution in [2.45, 2.75) is 18.9 Å². The molecule has 2 aliphatic rings. The Morgan fingerprint density at radius 2 is 2.16 bits per heavy atom. The van der Waals surface area contributed by atoms with E-state index < -0.39 is 5.82 Å². The Labute approximate surface area is 119 Å². The highest BCUT2D eigenvalue weighted by Crippen LogP contribution is 2.38. The highest BCUT2D eigenvalue weighted by atomic mass is 79.9. The number of rotatable bonds is 1. The van der Waals surface area contributed by atoms with Gasteiger partial charge in [0.25, 0.3) is 5.91 Å². The molecule has 0 bridgehead atoms. The molecule has 2 fully saturated rings. The number of likely N-dealkylation sites (tertiary alicyclic amines) is 1. The van der Waals surface area contributed by atoms with E-state index in [2.05, 4.69) is 15.9 Å². The monoisotopic (exact) mass is 327 g/mol. The maximum atomic E-state index is 13.8. The number of aliphatic hydroxyl groups excluding tert-OH is 1. The van der Waals surface area contributed by atoms with Gasteiger partial charge in [0.15, 0.2) is 0 Å². The molecule has 0 spiro atoms. The fourth-order valence-corrected chi connectivity index (χ4v) is 3.57. The van der Waals surface area contributed by atoms with Crippen LogP contribution in [0.1, 0.15) is 23.2 Å². The van der Waals surface area contributed by atoms with Gasteiger partial charge in [-0.05, 0) is 37.0 Å². The van der Waals surface area contributed by atoms with Gasteiger partial charge in [0.1, 0.15) is 5.82 Å². The van der Waals surface area contributed by atoms with E-state index in [-0.39, 0.29) is 23.5 Å². The number of carbonyl (C=O) groups excluding carboxylic acids is 1. The molecule has 1 heterocycles. The zero-order chi connectivity index (χ0) is 13.6. The number of hydrogen-bond donors (Lipinski definition) is 1. The molecule has 1 aromatic carbocycles. The van der Waals surface area contributed by atoms with Crippen LogP contribution in [0, 0.1) is 17.7 Å². The van der Waals surface area contributed by atoms with E-state index in [0.717, 1.165) is 12.8 Å². The van der Waals surface area contributed by atoms with Crippen molar-refractivity contribution in [1.29, 1.82) is 0 Å². The third-order valence-electron chi connectivity index (χ3n) is 4.27. The summed E-state index contributed by atoms with van der Waals surface area (Å²) in [6, 6.07) is 4.48. The molecule has 1 N–H and O–H groups in total. The van der Waals surface area contributed by atoms with Gasteiger partial charge in [0.2, 0.25) is 0 Å². The largest absolute Gasteiger partial charge is 0.393 e. The Hall–Kier alpha value is -0.940. The summed E-state index contributed by atoms with van der Waals surface area (Å²) in [7, 11) is 0. The summed E-state index contributed by atoms with van der Waals surface area (Å²) in [6.45, 7) is 1.18. The van der Waals surface area contributed by atoms with E-state index in [0.29, 0.717) is 23.5 Å². The standard InChI is InChI=1S/C14H15BrFNO2/c15-9-2-3-10(12(16)5-9)14(19)17-6-8-1-4-13(18)11(8)7-17/h2-3,5,8,11,13,18H,1,4,6-7H2. The lowest BCUT2D eigenvalue weighted by Gasteiger charge is -2.18. The lowest BCUT2D eigenvalue weighted by atomic mass is 10.00. The number of fused-ring (bicyclic) bond motifs is 1. The number of benzene rings is 1. The minimum Gasteiger partial charge on any atom is -0.393 e. The van der Waals surface area contributed by atoms with Crippen molar-refractivity contribution in [2.24, 2.45) is 11.8 Å². The van der Waals surface area contributed by atoms with E-state index in [9.17, 15) is 14.3 Å². The summed E-state index contributed by atoms with van der Waals surface area (Å²) < 4.78 is 14.4. The summed E-state index contributed by atoms with van der Waals surface area (Å²) in [5.41, 5.74) is 0.109. The Kier molecular flexibility index (Phi) is 3.35. The van der Waals surface area contributed by atoms with Crippen LogP contribution >= 0.6 is 15.9 Å². The van der Waals surface area contributed by atoms with Crippen LogP contribution in [-0.2, 0) is 0 Å². The second kappa shape index (κ2) is 4.87. The quantitative estimate of drug-likeness (QED) is 0.860. The van der Waals surface area contributed by atoms with Crippen molar-refractivity contribution < 1.29 is 14.3 Å². The van der Waals surface area contributed by atoms with E-state index in [1.807, 2.05) is 0 Å². The Bertz CT molecular complexity index is 522. The second-order valence-electron chi connectivity index (χ2n) is 5.40. The Morgan fingerprint density at radius 3 is 2.84 bits per heavy atom. The van der Waals surface area contributed by atoms with E-state index in [1.165, 1.54) is 12.1 Å². The smallest absolute Gasteiger partial charge is 0.256 e. The molecule has 1 saturated carbocycles. The zero-order valence-electron chi connectivity index (χ0n) is 10.4. The lowest BCUT2D eigenvalue weighted by Crippen LogP contribution is -2.31. The van der Waals surface area contributed by atoms with Gasteiger partial charge in [-0.15, -0.1) is 0 Å². The number of aliphatic hydroxyl groups is 1. The number of hydrogen-bond acceptors (Lipinski definition) is 2. The molecule has 1 aliphatic carbocycles. The molecular formula is C14H15BrFNO2. The van der Waals surface area contributed by atoms with Crippen molar-refractivity contribution in [3.63, 3.8) is 0 Å². The van der Waals surface area contributed by atoms with Gasteiger partial charge in [-0.25, -0.2) is 4.39 Å². The first-order valence-corrected chi connectivity index (χ1v) is 7.28. The van der Waals surface area contributed by atoms with Crippen molar-refractivity contribution >= 4 is 21.8 Å². The first-order valence-electron chi connectivity index (χ1n) is 6.48. The van der Waals surface area contributed by atoms with Gasteiger partial charge in [0.05, 0.1) is 11.7 Å². The molecule has 1 aromatic rings. The summed E-state index contributed by atoms with van der Waals surface area (Å²) in [4.78, 5) is 14.0.